The predicted molar refractivity (Wildman–Crippen MR) is 116 cm³/mol. The number of fused-ring (bicyclic) bond motifs is 1. The van der Waals surface area contributed by atoms with Crippen LogP contribution in [0.1, 0.15) is 70.1 Å². The topological polar surface area (TPSA) is 86.6 Å². The largest absolute Gasteiger partial charge is 0.339 e. The molecule has 0 spiro atoms. The Morgan fingerprint density at radius 3 is 2.45 bits per heavy atom. The van der Waals surface area contributed by atoms with Gasteiger partial charge in [0.2, 0.25) is 0 Å². The Kier molecular flexibility index (Phi) is 5.21. The number of H-pyrrole nitrogens is 1. The van der Waals surface area contributed by atoms with E-state index in [1.54, 1.807) is 16.8 Å². The molecule has 2 saturated heterocycles. The van der Waals surface area contributed by atoms with Gasteiger partial charge in [-0.15, -0.1) is 0 Å². The lowest BCUT2D eigenvalue weighted by Gasteiger charge is -2.32. The fourth-order valence-electron chi connectivity index (χ4n) is 4.79. The first-order chi connectivity index (χ1) is 15.1. The Morgan fingerprint density at radius 2 is 1.74 bits per heavy atom. The van der Waals surface area contributed by atoms with Gasteiger partial charge in [-0.1, -0.05) is 0 Å². The van der Waals surface area contributed by atoms with Gasteiger partial charge in [0.15, 0.2) is 0 Å². The molecule has 31 heavy (non-hydrogen) atoms. The van der Waals surface area contributed by atoms with Crippen LogP contribution in [0.5, 0.6) is 0 Å². The van der Waals surface area contributed by atoms with E-state index in [9.17, 15) is 9.59 Å². The molecule has 0 bridgehead atoms. The highest BCUT2D eigenvalue weighted by Crippen LogP contribution is 2.30. The van der Waals surface area contributed by atoms with Crippen molar-refractivity contribution >= 4 is 17.3 Å². The first-order valence-electron chi connectivity index (χ1n) is 11.2. The van der Waals surface area contributed by atoms with Crippen molar-refractivity contribution in [2.45, 2.75) is 44.9 Å². The van der Waals surface area contributed by atoms with Crippen LogP contribution in [-0.4, -0.2) is 67.6 Å². The van der Waals surface area contributed by atoms with Crippen molar-refractivity contribution in [3.8, 4) is 0 Å². The molecular formula is C23H28N6O2. The summed E-state index contributed by atoms with van der Waals surface area (Å²) in [7, 11) is 0. The van der Waals surface area contributed by atoms with Crippen LogP contribution in [-0.2, 0) is 0 Å². The first-order valence-corrected chi connectivity index (χ1v) is 11.2. The Balaban J connectivity index is 1.31. The van der Waals surface area contributed by atoms with Crippen molar-refractivity contribution in [1.29, 1.82) is 0 Å². The SMILES string of the molecule is Cc1cc(C(=O)N2CCC(c3ccn4ncc(C(=O)N5CCCCC5)c4c3)CC2)n[nH]1. The molecule has 5 rings (SSSR count). The maximum atomic E-state index is 13.0. The Morgan fingerprint density at radius 1 is 1.00 bits per heavy atom. The highest BCUT2D eigenvalue weighted by molar-refractivity contribution is 6.00. The van der Waals surface area contributed by atoms with Gasteiger partial charge in [-0.05, 0) is 68.7 Å². The summed E-state index contributed by atoms with van der Waals surface area (Å²) in [6.45, 7) is 4.97. The maximum Gasteiger partial charge on any atom is 0.274 e. The summed E-state index contributed by atoms with van der Waals surface area (Å²) in [4.78, 5) is 29.5. The summed E-state index contributed by atoms with van der Waals surface area (Å²) in [5.74, 6) is 0.438. The molecule has 8 nitrogen and oxygen atoms in total. The van der Waals surface area contributed by atoms with Crippen LogP contribution in [0.4, 0.5) is 0 Å². The van der Waals surface area contributed by atoms with Crippen LogP contribution in [0, 0.1) is 6.92 Å². The van der Waals surface area contributed by atoms with E-state index in [0.29, 0.717) is 30.3 Å². The second kappa shape index (κ2) is 8.17. The van der Waals surface area contributed by atoms with E-state index in [1.165, 1.54) is 12.0 Å². The monoisotopic (exact) mass is 420 g/mol. The number of likely N-dealkylation sites (tertiary alicyclic amines) is 2. The van der Waals surface area contributed by atoms with E-state index in [-0.39, 0.29) is 11.8 Å². The number of piperidine rings is 2. The second-order valence-corrected chi connectivity index (χ2v) is 8.70. The maximum absolute atomic E-state index is 13.0. The number of aromatic nitrogens is 4. The molecule has 162 valence electrons. The van der Waals surface area contributed by atoms with Gasteiger partial charge in [-0.25, -0.2) is 4.52 Å². The minimum atomic E-state index is -0.0107. The summed E-state index contributed by atoms with van der Waals surface area (Å²) in [5.41, 5.74) is 4.15. The summed E-state index contributed by atoms with van der Waals surface area (Å²) in [6, 6.07) is 6.00. The summed E-state index contributed by atoms with van der Waals surface area (Å²) < 4.78 is 1.79. The lowest BCUT2D eigenvalue weighted by Crippen LogP contribution is -2.38. The van der Waals surface area contributed by atoms with Crippen LogP contribution in [0.3, 0.4) is 0 Å². The van der Waals surface area contributed by atoms with E-state index >= 15 is 0 Å². The molecule has 0 aromatic carbocycles. The molecule has 3 aromatic heterocycles. The highest BCUT2D eigenvalue weighted by atomic mass is 16.2. The van der Waals surface area contributed by atoms with Gasteiger partial charge in [0.05, 0.1) is 17.3 Å². The van der Waals surface area contributed by atoms with Crippen molar-refractivity contribution in [3.63, 3.8) is 0 Å². The molecular weight excluding hydrogens is 392 g/mol. The molecule has 8 heteroatoms. The van der Waals surface area contributed by atoms with Crippen LogP contribution < -0.4 is 0 Å². The normalized spacial score (nSPS) is 18.0. The third kappa shape index (κ3) is 3.82. The van der Waals surface area contributed by atoms with Crippen molar-refractivity contribution in [2.24, 2.45) is 0 Å². The molecule has 0 radical (unpaired) electrons. The van der Waals surface area contributed by atoms with Gasteiger partial charge >= 0.3 is 0 Å². The van der Waals surface area contributed by atoms with Crippen LogP contribution in [0.2, 0.25) is 0 Å². The van der Waals surface area contributed by atoms with Crippen LogP contribution >= 0.6 is 0 Å². The Labute approximate surface area is 181 Å². The fourth-order valence-corrected chi connectivity index (χ4v) is 4.79. The first kappa shape index (κ1) is 19.8. The Bertz CT molecular complexity index is 1100. The van der Waals surface area contributed by atoms with E-state index in [1.807, 2.05) is 22.9 Å². The van der Waals surface area contributed by atoms with Crippen molar-refractivity contribution in [2.75, 3.05) is 26.2 Å². The summed E-state index contributed by atoms with van der Waals surface area (Å²) in [6.07, 6.45) is 8.79. The van der Waals surface area contributed by atoms with Gasteiger partial charge < -0.3 is 9.80 Å². The number of rotatable bonds is 3. The number of carbonyl (C=O) groups excluding carboxylic acids is 2. The average Bonchev–Trinajstić information content (AvgIpc) is 3.44. The van der Waals surface area contributed by atoms with Crippen LogP contribution in [0.15, 0.2) is 30.6 Å². The van der Waals surface area contributed by atoms with Gasteiger partial charge in [0.1, 0.15) is 5.69 Å². The Hall–Kier alpha value is -3.16. The zero-order valence-electron chi connectivity index (χ0n) is 17.9. The number of hydrogen-bond acceptors (Lipinski definition) is 4. The third-order valence-electron chi connectivity index (χ3n) is 6.60. The molecule has 1 N–H and O–H groups in total. The number of carbonyl (C=O) groups is 2. The van der Waals surface area contributed by atoms with E-state index < -0.39 is 0 Å². The molecule has 0 atom stereocenters. The minimum absolute atomic E-state index is 0.0107. The molecule has 2 aliphatic rings. The van der Waals surface area contributed by atoms with Crippen molar-refractivity contribution in [1.82, 2.24) is 29.6 Å². The summed E-state index contributed by atoms with van der Waals surface area (Å²) in [5, 5.41) is 11.3. The molecule has 2 fully saturated rings. The number of amides is 2. The average molecular weight is 421 g/mol. The van der Waals surface area contributed by atoms with Gasteiger partial charge in [0.25, 0.3) is 11.8 Å². The number of nitrogens with one attached hydrogen (secondary N) is 1. The van der Waals surface area contributed by atoms with E-state index in [2.05, 4.69) is 27.4 Å². The number of aromatic amines is 1. The smallest absolute Gasteiger partial charge is 0.274 e. The zero-order valence-corrected chi connectivity index (χ0v) is 17.9. The molecule has 3 aromatic rings. The minimum Gasteiger partial charge on any atom is -0.339 e. The summed E-state index contributed by atoms with van der Waals surface area (Å²) >= 11 is 0. The third-order valence-corrected chi connectivity index (χ3v) is 6.60. The number of aryl methyl sites for hydroxylation is 1. The number of pyridine rings is 1. The lowest BCUT2D eigenvalue weighted by atomic mass is 9.89. The van der Waals surface area contributed by atoms with Crippen molar-refractivity contribution < 1.29 is 9.59 Å². The van der Waals surface area contributed by atoms with Gasteiger partial charge in [-0.3, -0.25) is 14.7 Å². The lowest BCUT2D eigenvalue weighted by molar-refractivity contribution is 0.0704. The number of nitrogens with zero attached hydrogens (tertiary/aromatic N) is 5. The fraction of sp³-hybridized carbons (Fsp3) is 0.478. The quantitative estimate of drug-likeness (QED) is 0.706. The van der Waals surface area contributed by atoms with E-state index in [4.69, 9.17) is 0 Å². The van der Waals surface area contributed by atoms with E-state index in [0.717, 1.165) is 50.0 Å². The molecule has 5 heterocycles. The molecule has 0 unspecified atom stereocenters. The molecule has 2 amide bonds. The zero-order chi connectivity index (χ0) is 21.4. The van der Waals surface area contributed by atoms with Crippen LogP contribution in [0.25, 0.3) is 5.52 Å². The van der Waals surface area contributed by atoms with Gasteiger partial charge in [0, 0.05) is 38.1 Å². The molecule has 2 aliphatic heterocycles. The standard InChI is InChI=1S/C23H28N6O2/c1-16-13-20(26-25-16)23(31)28-10-5-17(6-11-28)18-7-12-29-21(14-18)19(15-24-29)22(30)27-8-3-2-4-9-27/h7,12-15,17H,2-6,8-11H2,1H3,(H,25,26). The second-order valence-electron chi connectivity index (χ2n) is 8.70. The highest BCUT2D eigenvalue weighted by Gasteiger charge is 2.27. The molecule has 0 aliphatic carbocycles. The number of hydrogen-bond donors (Lipinski definition) is 1. The predicted octanol–water partition coefficient (Wildman–Crippen LogP) is 3.01. The molecule has 0 saturated carbocycles. The van der Waals surface area contributed by atoms with Crippen molar-refractivity contribution in [3.05, 3.63) is 53.1 Å². The van der Waals surface area contributed by atoms with Gasteiger partial charge in [-0.2, -0.15) is 10.2 Å².